The van der Waals surface area contributed by atoms with E-state index in [2.05, 4.69) is 9.97 Å². The first-order chi connectivity index (χ1) is 13.0. The van der Waals surface area contributed by atoms with Crippen molar-refractivity contribution in [3.05, 3.63) is 80.5 Å². The van der Waals surface area contributed by atoms with E-state index in [9.17, 15) is 9.59 Å². The topological polar surface area (TPSA) is 69.8 Å². The number of halogens is 1. The summed E-state index contributed by atoms with van der Waals surface area (Å²) in [4.78, 5) is 34.4. The fraction of sp³-hybridized carbons (Fsp3) is 0.100. The van der Waals surface area contributed by atoms with E-state index in [1.807, 2.05) is 30.3 Å². The minimum atomic E-state index is -0.438. The molecule has 27 heavy (non-hydrogen) atoms. The summed E-state index contributed by atoms with van der Waals surface area (Å²) in [6.45, 7) is 0. The molecule has 0 aliphatic heterocycles. The number of aromatic nitrogens is 4. The summed E-state index contributed by atoms with van der Waals surface area (Å²) >= 11 is 5.98. The molecule has 0 amide bonds. The van der Waals surface area contributed by atoms with Gasteiger partial charge in [-0.3, -0.25) is 13.9 Å². The Kier molecular flexibility index (Phi) is 4.12. The molecule has 0 atom stereocenters. The average molecular weight is 379 g/mol. The van der Waals surface area contributed by atoms with Gasteiger partial charge in [0.15, 0.2) is 11.5 Å². The predicted molar refractivity (Wildman–Crippen MR) is 106 cm³/mol. The van der Waals surface area contributed by atoms with E-state index in [0.29, 0.717) is 27.6 Å². The monoisotopic (exact) mass is 378 g/mol. The SMILES string of the molecule is Cn1c(=O)c2c(-c3ccccc3)nc(-c3ccc(Cl)cc3)nc2n(C)c1=O. The molecule has 0 unspecified atom stereocenters. The summed E-state index contributed by atoms with van der Waals surface area (Å²) in [5.74, 6) is 0.418. The minimum absolute atomic E-state index is 0.293. The van der Waals surface area contributed by atoms with E-state index in [1.54, 1.807) is 31.3 Å². The average Bonchev–Trinajstić information content (AvgIpc) is 2.71. The van der Waals surface area contributed by atoms with Gasteiger partial charge >= 0.3 is 5.69 Å². The first-order valence-electron chi connectivity index (χ1n) is 8.26. The van der Waals surface area contributed by atoms with Crippen LogP contribution in [0.3, 0.4) is 0 Å². The molecule has 134 valence electrons. The van der Waals surface area contributed by atoms with Crippen LogP contribution in [0, 0.1) is 0 Å². The molecule has 0 saturated carbocycles. The Morgan fingerprint density at radius 2 is 1.48 bits per heavy atom. The number of fused-ring (bicyclic) bond motifs is 1. The zero-order valence-electron chi connectivity index (χ0n) is 14.7. The highest BCUT2D eigenvalue weighted by molar-refractivity contribution is 6.30. The van der Waals surface area contributed by atoms with Gasteiger partial charge in [0, 0.05) is 30.2 Å². The van der Waals surface area contributed by atoms with Crippen LogP contribution in [0.2, 0.25) is 5.02 Å². The van der Waals surface area contributed by atoms with Gasteiger partial charge in [-0.1, -0.05) is 41.9 Å². The van der Waals surface area contributed by atoms with Crippen molar-refractivity contribution in [3.63, 3.8) is 0 Å². The maximum absolute atomic E-state index is 12.8. The van der Waals surface area contributed by atoms with E-state index < -0.39 is 11.2 Å². The maximum Gasteiger partial charge on any atom is 0.332 e. The Bertz CT molecular complexity index is 1280. The highest BCUT2D eigenvalue weighted by Crippen LogP contribution is 2.27. The Hall–Kier alpha value is -3.25. The van der Waals surface area contributed by atoms with Crippen LogP contribution in [0.1, 0.15) is 0 Å². The quantitative estimate of drug-likeness (QED) is 0.537. The lowest BCUT2D eigenvalue weighted by Crippen LogP contribution is -2.37. The lowest BCUT2D eigenvalue weighted by atomic mass is 10.1. The van der Waals surface area contributed by atoms with Gasteiger partial charge in [-0.2, -0.15) is 0 Å². The minimum Gasteiger partial charge on any atom is -0.280 e. The molecule has 0 N–H and O–H groups in total. The molecule has 0 saturated heterocycles. The van der Waals surface area contributed by atoms with Crippen LogP contribution in [0.5, 0.6) is 0 Å². The number of benzene rings is 2. The lowest BCUT2D eigenvalue weighted by molar-refractivity contribution is 0.707. The van der Waals surface area contributed by atoms with Crippen LogP contribution in [0.25, 0.3) is 33.7 Å². The predicted octanol–water partition coefficient (Wildman–Crippen LogP) is 3.01. The molecule has 0 radical (unpaired) electrons. The summed E-state index contributed by atoms with van der Waals surface area (Å²) < 4.78 is 2.43. The third-order valence-corrected chi connectivity index (χ3v) is 4.70. The molecular weight excluding hydrogens is 364 g/mol. The zero-order chi connectivity index (χ0) is 19.1. The van der Waals surface area contributed by atoms with Crippen LogP contribution >= 0.6 is 11.6 Å². The molecule has 2 aromatic heterocycles. The fourth-order valence-electron chi connectivity index (χ4n) is 2.99. The van der Waals surface area contributed by atoms with E-state index in [4.69, 9.17) is 11.6 Å². The molecule has 2 aromatic carbocycles. The highest BCUT2D eigenvalue weighted by atomic mass is 35.5. The molecule has 2 heterocycles. The Balaban J connectivity index is 2.17. The van der Waals surface area contributed by atoms with E-state index in [1.165, 1.54) is 11.6 Å². The van der Waals surface area contributed by atoms with Gasteiger partial charge < -0.3 is 0 Å². The summed E-state index contributed by atoms with van der Waals surface area (Å²) in [6, 6.07) is 16.5. The molecule has 0 spiro atoms. The highest BCUT2D eigenvalue weighted by Gasteiger charge is 2.18. The normalized spacial score (nSPS) is 11.1. The Labute approximate surface area is 159 Å². The van der Waals surface area contributed by atoms with E-state index >= 15 is 0 Å². The summed E-state index contributed by atoms with van der Waals surface area (Å²) in [7, 11) is 3.05. The van der Waals surface area contributed by atoms with Gasteiger partial charge in [-0.15, -0.1) is 0 Å². The van der Waals surface area contributed by atoms with Crippen molar-refractivity contribution >= 4 is 22.6 Å². The molecule has 0 aliphatic rings. The van der Waals surface area contributed by atoms with Crippen molar-refractivity contribution in [3.8, 4) is 22.6 Å². The van der Waals surface area contributed by atoms with E-state index in [0.717, 1.165) is 15.7 Å². The van der Waals surface area contributed by atoms with Gasteiger partial charge in [0.1, 0.15) is 5.39 Å². The van der Waals surface area contributed by atoms with Crippen molar-refractivity contribution in [1.82, 2.24) is 19.1 Å². The third-order valence-electron chi connectivity index (χ3n) is 4.45. The molecule has 0 bridgehead atoms. The first-order valence-corrected chi connectivity index (χ1v) is 8.64. The largest absolute Gasteiger partial charge is 0.332 e. The van der Waals surface area contributed by atoms with Crippen molar-refractivity contribution in [2.45, 2.75) is 0 Å². The molecule has 4 aromatic rings. The Morgan fingerprint density at radius 3 is 2.15 bits per heavy atom. The molecular formula is C20H15ClN4O2. The molecule has 0 fully saturated rings. The van der Waals surface area contributed by atoms with Gasteiger partial charge in [-0.25, -0.2) is 14.8 Å². The second kappa shape index (κ2) is 6.48. The van der Waals surface area contributed by atoms with Crippen molar-refractivity contribution in [2.24, 2.45) is 14.1 Å². The first kappa shape index (κ1) is 17.2. The number of hydrogen-bond donors (Lipinski definition) is 0. The molecule has 0 aliphatic carbocycles. The summed E-state index contributed by atoms with van der Waals surface area (Å²) in [5, 5.41) is 0.910. The smallest absolute Gasteiger partial charge is 0.280 e. The van der Waals surface area contributed by atoms with Gasteiger partial charge in [0.2, 0.25) is 0 Å². The van der Waals surface area contributed by atoms with Crippen LogP contribution in [-0.2, 0) is 14.1 Å². The van der Waals surface area contributed by atoms with Crippen LogP contribution in [0.4, 0.5) is 0 Å². The third kappa shape index (κ3) is 2.84. The zero-order valence-corrected chi connectivity index (χ0v) is 15.4. The van der Waals surface area contributed by atoms with Crippen molar-refractivity contribution in [1.29, 1.82) is 0 Å². The van der Waals surface area contributed by atoms with Crippen molar-refractivity contribution in [2.75, 3.05) is 0 Å². The number of hydrogen-bond acceptors (Lipinski definition) is 4. The van der Waals surface area contributed by atoms with Crippen LogP contribution in [-0.4, -0.2) is 19.1 Å². The van der Waals surface area contributed by atoms with Gasteiger partial charge in [0.25, 0.3) is 5.56 Å². The molecule has 6 nitrogen and oxygen atoms in total. The van der Waals surface area contributed by atoms with Crippen molar-refractivity contribution < 1.29 is 0 Å². The van der Waals surface area contributed by atoms with Crippen LogP contribution in [0.15, 0.2) is 64.2 Å². The Morgan fingerprint density at radius 1 is 0.815 bits per heavy atom. The van der Waals surface area contributed by atoms with Crippen LogP contribution < -0.4 is 11.2 Å². The second-order valence-corrected chi connectivity index (χ2v) is 6.61. The molecule has 7 heteroatoms. The number of nitrogens with zero attached hydrogens (tertiary/aromatic N) is 4. The molecule has 4 rings (SSSR count). The second-order valence-electron chi connectivity index (χ2n) is 6.17. The van der Waals surface area contributed by atoms with Gasteiger partial charge in [0.05, 0.1) is 5.69 Å². The number of aryl methyl sites for hydroxylation is 1. The number of rotatable bonds is 2. The maximum atomic E-state index is 12.8. The standard InChI is InChI=1S/C20H15ClN4O2/c1-24-18-15(19(26)25(2)20(24)27)16(12-6-4-3-5-7-12)22-17(23-18)13-8-10-14(21)11-9-13/h3-11H,1-2H3. The summed E-state index contributed by atoms with van der Waals surface area (Å²) in [5.41, 5.74) is 1.44. The fourth-order valence-corrected chi connectivity index (χ4v) is 3.12. The van der Waals surface area contributed by atoms with E-state index in [-0.39, 0.29) is 0 Å². The van der Waals surface area contributed by atoms with Gasteiger partial charge in [-0.05, 0) is 24.3 Å². The summed E-state index contributed by atoms with van der Waals surface area (Å²) in [6.07, 6.45) is 0. The lowest BCUT2D eigenvalue weighted by Gasteiger charge is -2.12.